The van der Waals surface area contributed by atoms with Crippen LogP contribution in [0.1, 0.15) is 65.7 Å². The summed E-state index contributed by atoms with van der Waals surface area (Å²) in [7, 11) is 0. The Hall–Kier alpha value is -0.890. The van der Waals surface area contributed by atoms with E-state index in [1.165, 1.54) is 24.0 Å². The number of fused-ring (bicyclic) bond motifs is 5. The van der Waals surface area contributed by atoms with Crippen LogP contribution in [-0.2, 0) is 4.79 Å². The summed E-state index contributed by atoms with van der Waals surface area (Å²) in [6.45, 7) is 11.2. The Morgan fingerprint density at radius 2 is 2.00 bits per heavy atom. The number of hydrogen-bond acceptors (Lipinski definition) is 2. The largest absolute Gasteiger partial charge is 0.393 e. The van der Waals surface area contributed by atoms with Crippen molar-refractivity contribution in [2.75, 3.05) is 0 Å². The number of carbonyl (C=O) groups is 1. The van der Waals surface area contributed by atoms with Crippen LogP contribution in [0.15, 0.2) is 23.8 Å². The van der Waals surface area contributed by atoms with Gasteiger partial charge in [0.1, 0.15) is 0 Å². The van der Waals surface area contributed by atoms with Crippen LogP contribution in [0.25, 0.3) is 0 Å². The highest BCUT2D eigenvalue weighted by atomic mass is 16.3. The summed E-state index contributed by atoms with van der Waals surface area (Å²) in [6.07, 6.45) is 8.92. The number of aliphatic hydroxyl groups excluding tert-OH is 1. The summed E-state index contributed by atoms with van der Waals surface area (Å²) < 4.78 is 0. The van der Waals surface area contributed by atoms with E-state index in [1.807, 2.05) is 6.08 Å². The van der Waals surface area contributed by atoms with Gasteiger partial charge in [0, 0.05) is 6.42 Å². The standard InChI is InChI=1S/C22H32O2/c1-13(2)17-7-8-18-16-6-5-14-11-15(23)9-10-21(14,3)20(16)19(24)12-22(17,18)4/h11,16-20,24H,1,5-10,12H2,2-4H3/t16-,17+,18-,19-,20+,21-,22+/m0/s1. The molecule has 7 atom stereocenters. The van der Waals surface area contributed by atoms with Gasteiger partial charge in [0.2, 0.25) is 0 Å². The Balaban J connectivity index is 1.72. The van der Waals surface area contributed by atoms with Crippen molar-refractivity contribution < 1.29 is 9.90 Å². The molecule has 0 aliphatic heterocycles. The second kappa shape index (κ2) is 5.30. The van der Waals surface area contributed by atoms with Crippen molar-refractivity contribution in [1.29, 1.82) is 0 Å². The van der Waals surface area contributed by atoms with E-state index in [1.54, 1.807) is 0 Å². The van der Waals surface area contributed by atoms with Crippen LogP contribution in [0.3, 0.4) is 0 Å². The van der Waals surface area contributed by atoms with Crippen molar-refractivity contribution in [3.63, 3.8) is 0 Å². The van der Waals surface area contributed by atoms with Crippen molar-refractivity contribution in [1.82, 2.24) is 0 Å². The molecule has 4 aliphatic carbocycles. The lowest BCUT2D eigenvalue weighted by molar-refractivity contribution is -0.131. The molecule has 3 fully saturated rings. The van der Waals surface area contributed by atoms with Crippen LogP contribution in [0.4, 0.5) is 0 Å². The maximum Gasteiger partial charge on any atom is 0.155 e. The number of ketones is 1. The van der Waals surface area contributed by atoms with Gasteiger partial charge in [0.15, 0.2) is 5.78 Å². The predicted molar refractivity (Wildman–Crippen MR) is 96.4 cm³/mol. The van der Waals surface area contributed by atoms with Crippen LogP contribution in [-0.4, -0.2) is 17.0 Å². The van der Waals surface area contributed by atoms with E-state index in [9.17, 15) is 9.90 Å². The third-order valence-electron chi connectivity index (χ3n) is 8.49. The molecule has 0 aromatic heterocycles. The van der Waals surface area contributed by atoms with Crippen molar-refractivity contribution in [3.05, 3.63) is 23.8 Å². The number of allylic oxidation sites excluding steroid dienone is 2. The van der Waals surface area contributed by atoms with Gasteiger partial charge in [-0.1, -0.05) is 31.6 Å². The Kier molecular flexibility index (Phi) is 3.66. The average Bonchev–Trinajstić information content (AvgIpc) is 2.84. The fourth-order valence-electron chi connectivity index (χ4n) is 7.50. The highest BCUT2D eigenvalue weighted by Gasteiger charge is 2.61. The monoisotopic (exact) mass is 328 g/mol. The molecule has 2 nitrogen and oxygen atoms in total. The first-order valence-electron chi connectivity index (χ1n) is 9.85. The number of rotatable bonds is 1. The molecule has 0 unspecified atom stereocenters. The molecule has 0 amide bonds. The van der Waals surface area contributed by atoms with Crippen LogP contribution < -0.4 is 0 Å². The van der Waals surface area contributed by atoms with Crippen molar-refractivity contribution >= 4 is 5.78 Å². The smallest absolute Gasteiger partial charge is 0.155 e. The maximum atomic E-state index is 11.9. The third kappa shape index (κ3) is 2.08. The van der Waals surface area contributed by atoms with Crippen molar-refractivity contribution in [2.24, 2.45) is 34.5 Å². The van der Waals surface area contributed by atoms with E-state index in [0.29, 0.717) is 35.9 Å². The molecule has 0 radical (unpaired) electrons. The van der Waals surface area contributed by atoms with Crippen molar-refractivity contribution in [3.8, 4) is 0 Å². The first-order chi connectivity index (χ1) is 11.3. The van der Waals surface area contributed by atoms with Crippen LogP contribution >= 0.6 is 0 Å². The average molecular weight is 328 g/mol. The molecule has 0 spiro atoms. The van der Waals surface area contributed by atoms with E-state index in [-0.39, 0.29) is 16.9 Å². The molecule has 2 heteroatoms. The van der Waals surface area contributed by atoms with E-state index in [4.69, 9.17) is 0 Å². The van der Waals surface area contributed by atoms with Crippen molar-refractivity contribution in [2.45, 2.75) is 71.8 Å². The minimum Gasteiger partial charge on any atom is -0.393 e. The van der Waals surface area contributed by atoms with Gasteiger partial charge >= 0.3 is 0 Å². The highest BCUT2D eigenvalue weighted by molar-refractivity contribution is 5.91. The van der Waals surface area contributed by atoms with Crippen LogP contribution in [0, 0.1) is 34.5 Å². The molecule has 0 bridgehead atoms. The number of hydrogen-bond donors (Lipinski definition) is 1. The molecular weight excluding hydrogens is 296 g/mol. The lowest BCUT2D eigenvalue weighted by Gasteiger charge is -2.60. The summed E-state index contributed by atoms with van der Waals surface area (Å²) in [5.74, 6) is 2.52. The highest BCUT2D eigenvalue weighted by Crippen LogP contribution is 2.67. The van der Waals surface area contributed by atoms with Gasteiger partial charge < -0.3 is 5.11 Å². The zero-order valence-electron chi connectivity index (χ0n) is 15.5. The van der Waals surface area contributed by atoms with E-state index >= 15 is 0 Å². The summed E-state index contributed by atoms with van der Waals surface area (Å²) >= 11 is 0. The molecule has 132 valence electrons. The Bertz CT molecular complexity index is 617. The lowest BCUT2D eigenvalue weighted by atomic mass is 9.46. The normalized spacial score (nSPS) is 50.6. The lowest BCUT2D eigenvalue weighted by Crippen LogP contribution is -2.56. The molecule has 0 aromatic rings. The second-order valence-electron chi connectivity index (χ2n) is 9.64. The van der Waals surface area contributed by atoms with Gasteiger partial charge in [-0.05, 0) is 86.0 Å². The first-order valence-corrected chi connectivity index (χ1v) is 9.85. The zero-order chi connectivity index (χ0) is 17.3. The molecule has 0 aromatic carbocycles. The quantitative estimate of drug-likeness (QED) is 0.710. The maximum absolute atomic E-state index is 11.9. The topological polar surface area (TPSA) is 37.3 Å². The summed E-state index contributed by atoms with van der Waals surface area (Å²) in [5.41, 5.74) is 2.89. The molecular formula is C22H32O2. The molecule has 24 heavy (non-hydrogen) atoms. The molecule has 3 saturated carbocycles. The Labute approximate surface area is 146 Å². The van der Waals surface area contributed by atoms with Gasteiger partial charge in [-0.15, -0.1) is 0 Å². The third-order valence-corrected chi connectivity index (χ3v) is 8.49. The van der Waals surface area contributed by atoms with E-state index in [2.05, 4.69) is 27.4 Å². The summed E-state index contributed by atoms with van der Waals surface area (Å²) in [5, 5.41) is 11.2. The predicted octanol–water partition coefficient (Wildman–Crippen LogP) is 4.68. The summed E-state index contributed by atoms with van der Waals surface area (Å²) in [4.78, 5) is 11.9. The summed E-state index contributed by atoms with van der Waals surface area (Å²) in [6, 6.07) is 0. The number of carbonyl (C=O) groups excluding carboxylic acids is 1. The second-order valence-corrected chi connectivity index (χ2v) is 9.64. The fourth-order valence-corrected chi connectivity index (χ4v) is 7.50. The number of aliphatic hydroxyl groups is 1. The van der Waals surface area contributed by atoms with Gasteiger partial charge in [0.05, 0.1) is 6.10 Å². The molecule has 0 heterocycles. The Morgan fingerprint density at radius 3 is 2.71 bits per heavy atom. The SMILES string of the molecule is C=C(C)[C@H]1CC[C@H]2[C@@H]3CCC4=CC(=O)CC[C@]4(C)[C@H]3[C@@H](O)C[C@]12C. The molecule has 0 saturated heterocycles. The molecule has 4 rings (SSSR count). The van der Waals surface area contributed by atoms with Gasteiger partial charge in [0.25, 0.3) is 0 Å². The fraction of sp³-hybridized carbons (Fsp3) is 0.773. The van der Waals surface area contributed by atoms with E-state index in [0.717, 1.165) is 25.7 Å². The van der Waals surface area contributed by atoms with Crippen LogP contribution in [0.5, 0.6) is 0 Å². The zero-order valence-corrected chi connectivity index (χ0v) is 15.5. The first kappa shape index (κ1) is 16.6. The van der Waals surface area contributed by atoms with Gasteiger partial charge in [-0.25, -0.2) is 0 Å². The molecule has 4 aliphatic rings. The minimum absolute atomic E-state index is 0.0406. The minimum atomic E-state index is -0.238. The van der Waals surface area contributed by atoms with Gasteiger partial charge in [-0.2, -0.15) is 0 Å². The Morgan fingerprint density at radius 1 is 1.25 bits per heavy atom. The van der Waals surface area contributed by atoms with Gasteiger partial charge in [-0.3, -0.25) is 4.79 Å². The molecule has 1 N–H and O–H groups in total. The van der Waals surface area contributed by atoms with Crippen LogP contribution in [0.2, 0.25) is 0 Å². The van der Waals surface area contributed by atoms with E-state index < -0.39 is 0 Å².